The first-order chi connectivity index (χ1) is 23.9. The van der Waals surface area contributed by atoms with Crippen molar-refractivity contribution in [3.63, 3.8) is 0 Å². The van der Waals surface area contributed by atoms with E-state index in [1.54, 1.807) is 15.9 Å². The third-order valence-corrected chi connectivity index (χ3v) is 16.1. The van der Waals surface area contributed by atoms with Crippen molar-refractivity contribution in [2.24, 2.45) is 0 Å². The molecular weight excluding hydrogens is 642 g/mol. The Morgan fingerprint density at radius 3 is 0.961 bits per heavy atom. The molecule has 0 aliphatic carbocycles. The summed E-state index contributed by atoms with van der Waals surface area (Å²) >= 11 is 0. The molecule has 5 rings (SSSR count). The minimum Gasteiger partial charge on any atom is -0.512 e. The summed E-state index contributed by atoms with van der Waals surface area (Å²) < 4.78 is 4.84. The first-order valence-electron chi connectivity index (χ1n) is 18.4. The predicted molar refractivity (Wildman–Crippen MR) is 225 cm³/mol. The van der Waals surface area contributed by atoms with Crippen LogP contribution in [0.25, 0.3) is 0 Å². The Labute approximate surface area is 309 Å². The van der Waals surface area contributed by atoms with Crippen molar-refractivity contribution < 1.29 is 14.7 Å². The van der Waals surface area contributed by atoms with E-state index in [1.165, 1.54) is 66.5 Å². The molecular formula is C46H60BO3P. The molecule has 0 spiro atoms. The van der Waals surface area contributed by atoms with Crippen molar-refractivity contribution >= 4 is 35.8 Å². The molecule has 0 aliphatic heterocycles. The number of rotatable bonds is 8. The number of hydrogen-bond acceptors (Lipinski definition) is 3. The average Bonchev–Trinajstić information content (AvgIpc) is 3.01. The Balaban J connectivity index is 0.000000378. The Kier molecular flexibility index (Phi) is 12.8. The van der Waals surface area contributed by atoms with E-state index >= 15 is 0 Å². The fraction of sp³-hybridized carbons (Fsp3) is 0.348. The molecule has 270 valence electrons. The second kappa shape index (κ2) is 16.3. The van der Waals surface area contributed by atoms with Crippen molar-refractivity contribution in [3.05, 3.63) is 145 Å². The zero-order valence-electron chi connectivity index (χ0n) is 33.6. The summed E-state index contributed by atoms with van der Waals surface area (Å²) in [5.74, 6) is 0.542. The Morgan fingerprint density at radius 1 is 0.431 bits per heavy atom. The van der Waals surface area contributed by atoms with E-state index < -0.39 is 14.6 Å². The van der Waals surface area contributed by atoms with E-state index in [0.717, 1.165) is 29.5 Å². The second-order valence-electron chi connectivity index (χ2n) is 15.0. The number of benzene rings is 5. The van der Waals surface area contributed by atoms with Gasteiger partial charge in [-0.3, -0.25) is 0 Å². The van der Waals surface area contributed by atoms with Crippen LogP contribution in [-0.2, 0) is 12.8 Å². The summed E-state index contributed by atoms with van der Waals surface area (Å²) in [6.45, 7) is 31.2. The first kappa shape index (κ1) is 40.1. The maximum Gasteiger partial charge on any atom is 0.707 e. The van der Waals surface area contributed by atoms with Crippen LogP contribution in [0.15, 0.2) is 66.7 Å². The van der Waals surface area contributed by atoms with Crippen LogP contribution < -0.4 is 25.9 Å². The van der Waals surface area contributed by atoms with E-state index in [4.69, 9.17) is 14.7 Å². The van der Waals surface area contributed by atoms with Crippen LogP contribution in [0, 0.1) is 83.1 Å². The minimum atomic E-state index is -2.73. The normalized spacial score (nSPS) is 11.6. The van der Waals surface area contributed by atoms with E-state index in [-0.39, 0.29) is 0 Å². The van der Waals surface area contributed by atoms with Gasteiger partial charge >= 0.3 is 241 Å². The summed E-state index contributed by atoms with van der Waals surface area (Å²) in [7, 11) is -4.48. The van der Waals surface area contributed by atoms with Gasteiger partial charge in [-0.15, -0.1) is 0 Å². The third kappa shape index (κ3) is 8.36. The fourth-order valence-corrected chi connectivity index (χ4v) is 15.4. The average molecular weight is 703 g/mol. The van der Waals surface area contributed by atoms with Gasteiger partial charge in [0.1, 0.15) is 5.75 Å². The topological polar surface area (TPSA) is 49.7 Å². The van der Waals surface area contributed by atoms with E-state index in [9.17, 15) is 0 Å². The molecule has 2 N–H and O–H groups in total. The fourth-order valence-electron chi connectivity index (χ4n) is 8.97. The van der Waals surface area contributed by atoms with Gasteiger partial charge in [0.05, 0.1) is 0 Å². The molecule has 0 aromatic heterocycles. The largest absolute Gasteiger partial charge is 0.707 e. The van der Waals surface area contributed by atoms with E-state index in [1.807, 2.05) is 32.9 Å². The molecule has 0 aliphatic rings. The van der Waals surface area contributed by atoms with E-state index in [2.05, 4.69) is 131 Å². The minimum absolute atomic E-state index is 0.542. The van der Waals surface area contributed by atoms with Crippen LogP contribution in [-0.4, -0.2) is 17.4 Å². The maximum absolute atomic E-state index is 8.66. The molecule has 0 atom stereocenters. The van der Waals surface area contributed by atoms with Crippen LogP contribution in [0.4, 0.5) is 0 Å². The van der Waals surface area contributed by atoms with Crippen molar-refractivity contribution in [2.75, 3.05) is 0 Å². The molecule has 0 radical (unpaired) electrons. The van der Waals surface area contributed by atoms with Gasteiger partial charge in [0.2, 0.25) is 0 Å². The molecule has 51 heavy (non-hydrogen) atoms. The van der Waals surface area contributed by atoms with Crippen molar-refractivity contribution in [1.82, 2.24) is 0 Å². The molecule has 0 heterocycles. The second-order valence-corrected chi connectivity index (χ2v) is 18.6. The summed E-state index contributed by atoms with van der Waals surface area (Å²) in [6, 6.07) is 26.0. The number of hydrogen-bond donors (Lipinski definition) is 2. The van der Waals surface area contributed by atoms with Gasteiger partial charge < -0.3 is 14.7 Å². The molecule has 0 saturated carbocycles. The van der Waals surface area contributed by atoms with E-state index in [0.29, 0.717) is 5.75 Å². The molecule has 5 aromatic rings. The Morgan fingerprint density at radius 2 is 0.706 bits per heavy atom. The van der Waals surface area contributed by atoms with Crippen molar-refractivity contribution in [1.29, 1.82) is 0 Å². The van der Waals surface area contributed by atoms with Gasteiger partial charge in [0, 0.05) is 0 Å². The molecule has 0 bridgehead atoms. The summed E-state index contributed by atoms with van der Waals surface area (Å²) in [5.41, 5.74) is 18.4. The molecule has 0 fully saturated rings. The predicted octanol–water partition coefficient (Wildman–Crippen LogP) is 8.90. The molecule has 5 heteroatoms. The molecule has 3 nitrogen and oxygen atoms in total. The van der Waals surface area contributed by atoms with Crippen molar-refractivity contribution in [3.8, 4) is 5.75 Å². The van der Waals surface area contributed by atoms with Gasteiger partial charge in [0.15, 0.2) is 0 Å². The molecule has 5 aromatic carbocycles. The van der Waals surface area contributed by atoms with Crippen LogP contribution in [0.2, 0.25) is 0 Å². The van der Waals surface area contributed by atoms with Gasteiger partial charge in [-0.25, -0.2) is 0 Å². The molecule has 0 amide bonds. The van der Waals surface area contributed by atoms with Crippen molar-refractivity contribution in [2.45, 2.75) is 110 Å². The van der Waals surface area contributed by atoms with Crippen LogP contribution in [0.3, 0.4) is 0 Å². The smallest absolute Gasteiger partial charge is 0.512 e. The SMILES string of the molecule is CCc1cc(CC)cc([PH](c2c(C)cc(C)cc2C)(c2c(C)cc(C)cc2C)c2c(C)cc(C)cc2C)c1.Cc1cc(C)c(OB(O)O)c(C)c1. The first-order valence-corrected chi connectivity index (χ1v) is 20.4. The van der Waals surface area contributed by atoms with Gasteiger partial charge in [-0.05, 0) is 31.9 Å². The maximum atomic E-state index is 8.66. The standard InChI is InChI=1S/C37H47P.C9H13BO3/c1-12-32-20-33(13-2)22-34(21-32)38(35-26(6)14-23(3)15-27(35)7,36-28(8)16-24(4)17-29(36)9)37-30(10)18-25(5)19-31(37)11;1-6-4-7(2)9(8(3)5-6)13-10(11)12/h14-22,38H,12-13H2,1-11H3;4-5,11-12H,1-3H3. The summed E-state index contributed by atoms with van der Waals surface area (Å²) in [6.07, 6.45) is 2.10. The van der Waals surface area contributed by atoms with Crippen LogP contribution >= 0.6 is 7.26 Å². The summed E-state index contributed by atoms with van der Waals surface area (Å²) in [4.78, 5) is 0. The summed E-state index contributed by atoms with van der Waals surface area (Å²) in [5, 5.41) is 23.6. The Hall–Kier alpha value is -3.69. The van der Waals surface area contributed by atoms with Crippen LogP contribution in [0.5, 0.6) is 5.75 Å². The van der Waals surface area contributed by atoms with Gasteiger partial charge in [-0.1, -0.05) is 17.7 Å². The number of aryl methyl sites for hydroxylation is 14. The van der Waals surface area contributed by atoms with Gasteiger partial charge in [-0.2, -0.15) is 0 Å². The molecule has 0 saturated heterocycles. The molecule has 0 unspecified atom stereocenters. The monoisotopic (exact) mass is 702 g/mol. The zero-order chi connectivity index (χ0) is 37.9. The quantitative estimate of drug-likeness (QED) is 0.126. The third-order valence-electron chi connectivity index (χ3n) is 10.3. The zero-order valence-corrected chi connectivity index (χ0v) is 34.6. The van der Waals surface area contributed by atoms with Gasteiger partial charge in [0.25, 0.3) is 0 Å². The Bertz CT molecular complexity index is 1810. The van der Waals surface area contributed by atoms with Crippen LogP contribution in [0.1, 0.15) is 91.7 Å².